The summed E-state index contributed by atoms with van der Waals surface area (Å²) >= 11 is 0. The number of carbonyl (C=O) groups excluding carboxylic acids is 2. The van der Waals surface area contributed by atoms with Crippen molar-refractivity contribution in [3.63, 3.8) is 0 Å². The molecular weight excluding hydrogens is 304 g/mol. The molecule has 1 aromatic rings. The number of esters is 2. The molecule has 0 aromatic heterocycles. The number of hydrogen-bond donors (Lipinski definition) is 0. The summed E-state index contributed by atoms with van der Waals surface area (Å²) < 4.78 is 8.66. The lowest BCUT2D eigenvalue weighted by atomic mass is 10.2. The van der Waals surface area contributed by atoms with Gasteiger partial charge in [0.15, 0.2) is 0 Å². The highest BCUT2D eigenvalue weighted by Crippen LogP contribution is 2.30. The van der Waals surface area contributed by atoms with E-state index in [9.17, 15) is 9.59 Å². The van der Waals surface area contributed by atoms with E-state index in [4.69, 9.17) is 0 Å². The van der Waals surface area contributed by atoms with E-state index in [1.54, 1.807) is 5.57 Å². The Hall–Kier alpha value is -2.62. The normalized spacial score (nSPS) is 13.8. The number of benzene rings is 1. The molecule has 24 heavy (non-hydrogen) atoms. The van der Waals surface area contributed by atoms with Gasteiger partial charge in [0.25, 0.3) is 0 Å². The second-order valence-electron chi connectivity index (χ2n) is 5.37. The molecule has 0 spiro atoms. The van der Waals surface area contributed by atoms with Gasteiger partial charge in [-0.1, -0.05) is 55.1 Å². The molecule has 2 aliphatic carbocycles. The summed E-state index contributed by atoms with van der Waals surface area (Å²) in [5.74, 6) is -0.266. The van der Waals surface area contributed by atoms with Gasteiger partial charge in [-0.3, -0.25) is 9.59 Å². The predicted molar refractivity (Wildman–Crippen MR) is 94.6 cm³/mol. The van der Waals surface area contributed by atoms with Crippen LogP contribution in [0.25, 0.3) is 6.08 Å². The highest BCUT2D eigenvalue weighted by atomic mass is 16.5. The molecule has 4 heteroatoms. The molecule has 0 heterocycles. The van der Waals surface area contributed by atoms with Crippen molar-refractivity contribution >= 4 is 18.0 Å². The molecule has 0 amide bonds. The molecule has 0 N–H and O–H groups in total. The minimum Gasteiger partial charge on any atom is -0.435 e. The number of ether oxygens (including phenoxy) is 2. The van der Waals surface area contributed by atoms with Gasteiger partial charge < -0.3 is 9.47 Å². The number of hydrogen-bond acceptors (Lipinski definition) is 4. The summed E-state index contributed by atoms with van der Waals surface area (Å²) in [6.45, 7) is 7.75. The maximum Gasteiger partial charge on any atom is 0.313 e. The summed E-state index contributed by atoms with van der Waals surface area (Å²) in [5.41, 5.74) is 2.93. The van der Waals surface area contributed by atoms with Gasteiger partial charge in [-0.15, -0.1) is 0 Å². The Balaban J connectivity index is 0.000000188. The van der Waals surface area contributed by atoms with Crippen molar-refractivity contribution in [2.45, 2.75) is 32.6 Å². The molecule has 0 aliphatic heterocycles. The summed E-state index contributed by atoms with van der Waals surface area (Å²) in [6, 6.07) is 10.5. The first-order valence-electron chi connectivity index (χ1n) is 7.90. The van der Waals surface area contributed by atoms with E-state index in [2.05, 4.69) is 59.0 Å². The van der Waals surface area contributed by atoms with Crippen LogP contribution in [-0.2, 0) is 19.1 Å². The van der Waals surface area contributed by atoms with Crippen molar-refractivity contribution in [2.75, 3.05) is 0 Å². The summed E-state index contributed by atoms with van der Waals surface area (Å²) in [4.78, 5) is 20.3. The van der Waals surface area contributed by atoms with E-state index in [0.717, 1.165) is 19.1 Å². The lowest BCUT2D eigenvalue weighted by molar-refractivity contribution is -0.139. The highest BCUT2D eigenvalue weighted by Gasteiger charge is 2.30. The van der Waals surface area contributed by atoms with Crippen molar-refractivity contribution in [3.05, 3.63) is 67.2 Å². The van der Waals surface area contributed by atoms with Crippen LogP contribution in [0.15, 0.2) is 61.6 Å². The minimum atomic E-state index is -0.329. The Kier molecular flexibility index (Phi) is 8.90. The standard InChI is InChI=1S/C10H10.C6H8O2.C4H6O2/c1-2-4-9(5-3-1)8-10-6-7-10;1-2-8-6(7)5-3-4-5;1-3-6-4(2)5/h1-5,8H,6-7H2;2,5H,1,3-4H2;3H,1H2,2H3. The third-order valence-electron chi connectivity index (χ3n) is 3.07. The number of allylic oxidation sites excluding steroid dienone is 1. The van der Waals surface area contributed by atoms with E-state index >= 15 is 0 Å². The number of rotatable bonds is 4. The van der Waals surface area contributed by atoms with Gasteiger partial charge >= 0.3 is 11.9 Å². The average Bonchev–Trinajstić information content (AvgIpc) is 3.44. The molecule has 4 nitrogen and oxygen atoms in total. The van der Waals surface area contributed by atoms with Crippen molar-refractivity contribution in [3.8, 4) is 0 Å². The number of carbonyl (C=O) groups is 2. The third kappa shape index (κ3) is 10.2. The Morgan fingerprint density at radius 3 is 2.00 bits per heavy atom. The van der Waals surface area contributed by atoms with E-state index in [1.165, 1.54) is 31.6 Å². The molecule has 0 unspecified atom stereocenters. The fourth-order valence-electron chi connectivity index (χ4n) is 1.62. The van der Waals surface area contributed by atoms with Crippen LogP contribution < -0.4 is 0 Å². The topological polar surface area (TPSA) is 52.6 Å². The zero-order valence-corrected chi connectivity index (χ0v) is 14.1. The Morgan fingerprint density at radius 1 is 1.04 bits per heavy atom. The van der Waals surface area contributed by atoms with Crippen molar-refractivity contribution < 1.29 is 19.1 Å². The molecule has 0 radical (unpaired) electrons. The second kappa shape index (κ2) is 11.0. The van der Waals surface area contributed by atoms with E-state index in [-0.39, 0.29) is 17.9 Å². The monoisotopic (exact) mass is 328 g/mol. The molecule has 2 fully saturated rings. The van der Waals surface area contributed by atoms with E-state index in [0.29, 0.717) is 0 Å². The fourth-order valence-corrected chi connectivity index (χ4v) is 1.62. The quantitative estimate of drug-likeness (QED) is 0.597. The lowest BCUT2D eigenvalue weighted by Gasteiger charge is -1.90. The fraction of sp³-hybridized carbons (Fsp3) is 0.300. The van der Waals surface area contributed by atoms with Crippen LogP contribution in [0, 0.1) is 5.92 Å². The van der Waals surface area contributed by atoms with Gasteiger partial charge in [0.2, 0.25) is 0 Å². The molecule has 0 saturated heterocycles. The lowest BCUT2D eigenvalue weighted by Crippen LogP contribution is -2.00. The van der Waals surface area contributed by atoms with Gasteiger partial charge in [0.1, 0.15) is 0 Å². The molecule has 0 bridgehead atoms. The van der Waals surface area contributed by atoms with Crippen molar-refractivity contribution in [2.24, 2.45) is 5.92 Å². The maximum atomic E-state index is 10.5. The van der Waals surface area contributed by atoms with Gasteiger partial charge in [-0.25, -0.2) is 0 Å². The third-order valence-corrected chi connectivity index (χ3v) is 3.07. The summed E-state index contributed by atoms with van der Waals surface area (Å²) in [6.07, 6.45) is 9.17. The first-order valence-corrected chi connectivity index (χ1v) is 7.90. The molecular formula is C20H24O4. The molecule has 2 saturated carbocycles. The Labute approximate surface area is 143 Å². The van der Waals surface area contributed by atoms with E-state index in [1.807, 2.05) is 0 Å². The predicted octanol–water partition coefficient (Wildman–Crippen LogP) is 4.64. The van der Waals surface area contributed by atoms with Crippen molar-refractivity contribution in [1.82, 2.24) is 0 Å². The van der Waals surface area contributed by atoms with Crippen LogP contribution in [0.1, 0.15) is 38.2 Å². The largest absolute Gasteiger partial charge is 0.435 e. The summed E-state index contributed by atoms with van der Waals surface area (Å²) in [7, 11) is 0. The molecule has 2 aliphatic rings. The zero-order chi connectivity index (χ0) is 17.8. The second-order valence-corrected chi connectivity index (χ2v) is 5.37. The van der Waals surface area contributed by atoms with Gasteiger partial charge in [-0.2, -0.15) is 0 Å². The van der Waals surface area contributed by atoms with Crippen LogP contribution >= 0.6 is 0 Å². The van der Waals surface area contributed by atoms with Crippen LogP contribution in [0.5, 0.6) is 0 Å². The SMILES string of the molecule is C(=C1CC1)c1ccccc1.C=COC(=O)C1CC1.C=COC(C)=O. The zero-order valence-electron chi connectivity index (χ0n) is 14.1. The molecule has 1 aromatic carbocycles. The molecule has 3 rings (SSSR count). The molecule has 0 atom stereocenters. The average molecular weight is 328 g/mol. The van der Waals surface area contributed by atoms with Crippen LogP contribution in [-0.4, -0.2) is 11.9 Å². The van der Waals surface area contributed by atoms with Gasteiger partial charge in [0.05, 0.1) is 18.4 Å². The summed E-state index contributed by atoms with van der Waals surface area (Å²) in [5, 5.41) is 0. The first-order chi connectivity index (χ1) is 11.6. The highest BCUT2D eigenvalue weighted by molar-refractivity contribution is 5.75. The van der Waals surface area contributed by atoms with Gasteiger partial charge in [0, 0.05) is 6.92 Å². The Bertz CT molecular complexity index is 577. The van der Waals surface area contributed by atoms with Crippen LogP contribution in [0.3, 0.4) is 0 Å². The van der Waals surface area contributed by atoms with Gasteiger partial charge in [-0.05, 0) is 31.2 Å². The Morgan fingerprint density at radius 2 is 1.62 bits per heavy atom. The first kappa shape index (κ1) is 19.4. The smallest absolute Gasteiger partial charge is 0.313 e. The van der Waals surface area contributed by atoms with Crippen LogP contribution in [0.4, 0.5) is 0 Å². The maximum absolute atomic E-state index is 10.5. The van der Waals surface area contributed by atoms with Crippen molar-refractivity contribution in [1.29, 1.82) is 0 Å². The minimum absolute atomic E-state index is 0.125. The van der Waals surface area contributed by atoms with E-state index < -0.39 is 0 Å². The van der Waals surface area contributed by atoms with Crippen LogP contribution in [0.2, 0.25) is 0 Å². The molecule has 128 valence electrons.